The number of methoxy groups -OCH3 is 1. The van der Waals surface area contributed by atoms with E-state index in [0.717, 1.165) is 0 Å². The Kier molecular flexibility index (Phi) is 4.73. The molecule has 22 heavy (non-hydrogen) atoms. The number of nitriles is 1. The van der Waals surface area contributed by atoms with Crippen molar-refractivity contribution in [2.45, 2.75) is 19.9 Å². The maximum absolute atomic E-state index is 13.1. The second kappa shape index (κ2) is 6.72. The van der Waals surface area contributed by atoms with Gasteiger partial charge >= 0.3 is 0 Å². The molecule has 1 aromatic heterocycles. The number of carbonyl (C=O) groups excluding carboxylic acids is 1. The van der Waals surface area contributed by atoms with E-state index in [1.807, 2.05) is 6.07 Å². The van der Waals surface area contributed by atoms with Crippen molar-refractivity contribution < 1.29 is 13.9 Å². The third-order valence-electron chi connectivity index (χ3n) is 3.19. The average molecular weight is 302 g/mol. The highest BCUT2D eigenvalue weighted by Gasteiger charge is 2.16. The minimum absolute atomic E-state index is 0.239. The highest BCUT2D eigenvalue weighted by Crippen LogP contribution is 2.25. The molecule has 0 aliphatic heterocycles. The molecule has 7 heteroatoms. The SMILES string of the molecule is COc1cc(F)ccc1NC(=O)c1cnn(CCC#N)c1C. The third kappa shape index (κ3) is 3.23. The van der Waals surface area contributed by atoms with Gasteiger partial charge in [-0.05, 0) is 19.1 Å². The van der Waals surface area contributed by atoms with Crippen LogP contribution < -0.4 is 10.1 Å². The van der Waals surface area contributed by atoms with Crippen LogP contribution in [-0.4, -0.2) is 22.8 Å². The fourth-order valence-electron chi connectivity index (χ4n) is 2.01. The van der Waals surface area contributed by atoms with Crippen LogP contribution in [0.3, 0.4) is 0 Å². The van der Waals surface area contributed by atoms with Crippen LogP contribution in [0.25, 0.3) is 0 Å². The van der Waals surface area contributed by atoms with Gasteiger partial charge in [0, 0.05) is 11.8 Å². The topological polar surface area (TPSA) is 79.9 Å². The first-order valence-corrected chi connectivity index (χ1v) is 6.61. The second-order valence-corrected chi connectivity index (χ2v) is 4.57. The van der Waals surface area contributed by atoms with Crippen LogP contribution in [0.4, 0.5) is 10.1 Å². The number of nitrogens with zero attached hydrogens (tertiary/aromatic N) is 3. The molecule has 0 aliphatic rings. The van der Waals surface area contributed by atoms with Crippen LogP contribution in [-0.2, 0) is 6.54 Å². The predicted octanol–water partition coefficient (Wildman–Crippen LogP) is 2.51. The van der Waals surface area contributed by atoms with Gasteiger partial charge < -0.3 is 10.1 Å². The van der Waals surface area contributed by atoms with Crippen LogP contribution >= 0.6 is 0 Å². The molecule has 0 saturated heterocycles. The quantitative estimate of drug-likeness (QED) is 0.920. The average Bonchev–Trinajstić information content (AvgIpc) is 2.87. The first-order chi connectivity index (χ1) is 10.6. The van der Waals surface area contributed by atoms with Gasteiger partial charge in [0.1, 0.15) is 11.6 Å². The molecule has 0 bridgehead atoms. The molecule has 2 aromatic rings. The summed E-state index contributed by atoms with van der Waals surface area (Å²) in [6.45, 7) is 2.18. The van der Waals surface area contributed by atoms with E-state index in [2.05, 4.69) is 10.4 Å². The van der Waals surface area contributed by atoms with Crippen LogP contribution in [0.1, 0.15) is 22.5 Å². The molecular weight excluding hydrogens is 287 g/mol. The molecule has 0 fully saturated rings. The maximum Gasteiger partial charge on any atom is 0.259 e. The molecule has 1 N–H and O–H groups in total. The maximum atomic E-state index is 13.1. The minimum atomic E-state index is -0.449. The van der Waals surface area contributed by atoms with Gasteiger partial charge in [-0.1, -0.05) is 0 Å². The Balaban J connectivity index is 2.20. The summed E-state index contributed by atoms with van der Waals surface area (Å²) in [6, 6.07) is 5.89. The fraction of sp³-hybridized carbons (Fsp3) is 0.267. The van der Waals surface area contributed by atoms with Crippen LogP contribution in [0.5, 0.6) is 5.75 Å². The van der Waals surface area contributed by atoms with Crippen molar-refractivity contribution in [2.24, 2.45) is 0 Å². The first-order valence-electron chi connectivity index (χ1n) is 6.61. The number of amides is 1. The van der Waals surface area contributed by atoms with E-state index < -0.39 is 5.82 Å². The smallest absolute Gasteiger partial charge is 0.259 e. The zero-order chi connectivity index (χ0) is 16.1. The number of benzene rings is 1. The molecule has 0 atom stereocenters. The number of aryl methyl sites for hydroxylation is 1. The van der Waals surface area contributed by atoms with Gasteiger partial charge in [-0.3, -0.25) is 9.48 Å². The molecule has 0 unspecified atom stereocenters. The molecule has 6 nitrogen and oxygen atoms in total. The number of anilines is 1. The van der Waals surface area contributed by atoms with Crippen molar-refractivity contribution in [1.29, 1.82) is 5.26 Å². The molecule has 1 amide bonds. The van der Waals surface area contributed by atoms with Crippen molar-refractivity contribution >= 4 is 11.6 Å². The summed E-state index contributed by atoms with van der Waals surface area (Å²) < 4.78 is 19.8. The van der Waals surface area contributed by atoms with Gasteiger partial charge in [-0.25, -0.2) is 4.39 Å². The molecule has 0 spiro atoms. The lowest BCUT2D eigenvalue weighted by molar-refractivity contribution is 0.102. The Labute approximate surface area is 127 Å². The van der Waals surface area contributed by atoms with E-state index in [4.69, 9.17) is 10.00 Å². The lowest BCUT2D eigenvalue weighted by Gasteiger charge is -2.10. The monoisotopic (exact) mass is 302 g/mol. The summed E-state index contributed by atoms with van der Waals surface area (Å²) >= 11 is 0. The number of hydrogen-bond donors (Lipinski definition) is 1. The normalized spacial score (nSPS) is 10.1. The van der Waals surface area contributed by atoms with Crippen LogP contribution in [0.15, 0.2) is 24.4 Å². The number of aromatic nitrogens is 2. The lowest BCUT2D eigenvalue weighted by Crippen LogP contribution is -2.14. The van der Waals surface area contributed by atoms with E-state index in [9.17, 15) is 9.18 Å². The van der Waals surface area contributed by atoms with E-state index in [0.29, 0.717) is 29.9 Å². The Morgan fingerprint density at radius 1 is 1.55 bits per heavy atom. The second-order valence-electron chi connectivity index (χ2n) is 4.57. The van der Waals surface area contributed by atoms with E-state index in [1.165, 1.54) is 31.5 Å². The number of carbonyl (C=O) groups is 1. The third-order valence-corrected chi connectivity index (χ3v) is 3.19. The van der Waals surface area contributed by atoms with Crippen molar-refractivity contribution in [1.82, 2.24) is 9.78 Å². The summed E-state index contributed by atoms with van der Waals surface area (Å²) in [4.78, 5) is 12.3. The Morgan fingerprint density at radius 3 is 3.00 bits per heavy atom. The van der Waals surface area contributed by atoms with Crippen molar-refractivity contribution in [3.63, 3.8) is 0 Å². The van der Waals surface area contributed by atoms with Gasteiger partial charge in [-0.2, -0.15) is 10.4 Å². The van der Waals surface area contributed by atoms with Gasteiger partial charge in [0.2, 0.25) is 0 Å². The molecule has 114 valence electrons. The summed E-state index contributed by atoms with van der Waals surface area (Å²) in [6.07, 6.45) is 1.76. The summed E-state index contributed by atoms with van der Waals surface area (Å²) in [5.74, 6) is -0.580. The van der Waals surface area contributed by atoms with Crippen molar-refractivity contribution in [3.05, 3.63) is 41.5 Å². The standard InChI is InChI=1S/C15H15FN4O2/c1-10-12(9-18-20(10)7-3-6-17)15(21)19-13-5-4-11(16)8-14(13)22-2/h4-5,8-9H,3,7H2,1-2H3,(H,19,21). The zero-order valence-electron chi connectivity index (χ0n) is 12.3. The first kappa shape index (κ1) is 15.5. The Hall–Kier alpha value is -2.88. The molecule has 2 rings (SSSR count). The fourth-order valence-corrected chi connectivity index (χ4v) is 2.01. The minimum Gasteiger partial charge on any atom is -0.494 e. The van der Waals surface area contributed by atoms with Crippen molar-refractivity contribution in [2.75, 3.05) is 12.4 Å². The largest absolute Gasteiger partial charge is 0.494 e. The molecule has 1 heterocycles. The van der Waals surface area contributed by atoms with Crippen molar-refractivity contribution in [3.8, 4) is 11.8 Å². The number of ether oxygens (including phenoxy) is 1. The van der Waals surface area contributed by atoms with E-state index in [1.54, 1.807) is 11.6 Å². The highest BCUT2D eigenvalue weighted by molar-refractivity contribution is 6.05. The highest BCUT2D eigenvalue weighted by atomic mass is 19.1. The van der Waals surface area contributed by atoms with Gasteiger partial charge in [0.15, 0.2) is 0 Å². The Bertz CT molecular complexity index is 734. The number of halogens is 1. The summed E-state index contributed by atoms with van der Waals surface area (Å²) in [5.41, 5.74) is 1.43. The van der Waals surface area contributed by atoms with Crippen LogP contribution in [0.2, 0.25) is 0 Å². The van der Waals surface area contributed by atoms with Gasteiger partial charge in [0.05, 0.1) is 43.6 Å². The number of hydrogen-bond acceptors (Lipinski definition) is 4. The molecule has 0 saturated carbocycles. The van der Waals surface area contributed by atoms with Gasteiger partial charge in [-0.15, -0.1) is 0 Å². The molecule has 0 aliphatic carbocycles. The zero-order valence-corrected chi connectivity index (χ0v) is 12.3. The lowest BCUT2D eigenvalue weighted by atomic mass is 10.2. The molecule has 0 radical (unpaired) electrons. The number of rotatable bonds is 5. The van der Waals surface area contributed by atoms with E-state index in [-0.39, 0.29) is 11.7 Å². The summed E-state index contributed by atoms with van der Waals surface area (Å²) in [5, 5.41) is 15.3. The summed E-state index contributed by atoms with van der Waals surface area (Å²) in [7, 11) is 1.40. The molecular formula is C15H15FN4O2. The molecule has 1 aromatic carbocycles. The predicted molar refractivity (Wildman–Crippen MR) is 78.1 cm³/mol. The van der Waals surface area contributed by atoms with E-state index >= 15 is 0 Å². The van der Waals surface area contributed by atoms with Crippen LogP contribution in [0, 0.1) is 24.1 Å². The Morgan fingerprint density at radius 2 is 2.32 bits per heavy atom. The van der Waals surface area contributed by atoms with Gasteiger partial charge in [0.25, 0.3) is 5.91 Å². The number of nitrogens with one attached hydrogen (secondary N) is 1.